The third-order valence-corrected chi connectivity index (χ3v) is 3.42. The van der Waals surface area contributed by atoms with Crippen molar-refractivity contribution in [3.05, 3.63) is 42.0 Å². The summed E-state index contributed by atoms with van der Waals surface area (Å²) in [6, 6.07) is 11.9. The van der Waals surface area contributed by atoms with Crippen molar-refractivity contribution in [3.63, 3.8) is 0 Å². The van der Waals surface area contributed by atoms with Crippen LogP contribution in [-0.2, 0) is 10.2 Å². The van der Waals surface area contributed by atoms with Gasteiger partial charge in [0, 0.05) is 5.41 Å². The molecule has 0 bridgehead atoms. The van der Waals surface area contributed by atoms with Crippen molar-refractivity contribution in [2.75, 3.05) is 7.11 Å². The van der Waals surface area contributed by atoms with Crippen LogP contribution in [-0.4, -0.2) is 18.2 Å². The average Bonchev–Trinajstić information content (AvgIpc) is 2.36. The number of carbonyl (C=O) groups is 1. The first kappa shape index (κ1) is 13.4. The first-order valence-corrected chi connectivity index (χ1v) is 6.22. The molecule has 0 aliphatic heterocycles. The van der Waals surface area contributed by atoms with Crippen LogP contribution in [0.1, 0.15) is 25.8 Å². The van der Waals surface area contributed by atoms with Gasteiger partial charge in [0.1, 0.15) is 5.75 Å². The van der Waals surface area contributed by atoms with E-state index in [1.165, 1.54) is 0 Å². The van der Waals surface area contributed by atoms with Gasteiger partial charge in [-0.25, -0.2) is 0 Å². The van der Waals surface area contributed by atoms with E-state index in [1.54, 1.807) is 7.11 Å². The fourth-order valence-corrected chi connectivity index (χ4v) is 2.25. The molecule has 0 heterocycles. The monoisotopic (exact) mass is 258 g/mol. The second kappa shape index (κ2) is 4.92. The van der Waals surface area contributed by atoms with Crippen molar-refractivity contribution in [2.24, 2.45) is 0 Å². The molecule has 0 saturated heterocycles. The number of aliphatic carboxylic acids is 1. The number of benzene rings is 2. The molecule has 19 heavy (non-hydrogen) atoms. The number of ether oxygens (including phenoxy) is 1. The summed E-state index contributed by atoms with van der Waals surface area (Å²) < 4.78 is 5.19. The quantitative estimate of drug-likeness (QED) is 0.911. The molecular weight excluding hydrogens is 240 g/mol. The van der Waals surface area contributed by atoms with Crippen LogP contribution in [0.4, 0.5) is 0 Å². The summed E-state index contributed by atoms with van der Waals surface area (Å²) in [4.78, 5) is 10.9. The molecule has 0 radical (unpaired) electrons. The number of carboxylic acids is 1. The zero-order valence-electron chi connectivity index (χ0n) is 11.4. The lowest BCUT2D eigenvalue weighted by molar-refractivity contribution is -0.138. The number of methoxy groups -OCH3 is 1. The Morgan fingerprint density at radius 2 is 1.79 bits per heavy atom. The molecule has 3 heteroatoms. The molecule has 0 aliphatic carbocycles. The minimum atomic E-state index is -0.778. The van der Waals surface area contributed by atoms with Crippen molar-refractivity contribution in [2.45, 2.75) is 25.7 Å². The molecule has 100 valence electrons. The van der Waals surface area contributed by atoms with E-state index in [9.17, 15) is 4.79 Å². The first-order chi connectivity index (χ1) is 8.92. The molecular formula is C16H18O3. The zero-order chi connectivity index (χ0) is 14.0. The van der Waals surface area contributed by atoms with E-state index in [0.717, 1.165) is 22.1 Å². The summed E-state index contributed by atoms with van der Waals surface area (Å²) in [6.07, 6.45) is 0.120. The molecule has 0 unspecified atom stereocenters. The lowest BCUT2D eigenvalue weighted by Gasteiger charge is -2.23. The van der Waals surface area contributed by atoms with Gasteiger partial charge in [0.05, 0.1) is 13.5 Å². The molecule has 0 amide bonds. The summed E-state index contributed by atoms with van der Waals surface area (Å²) in [7, 11) is 1.64. The van der Waals surface area contributed by atoms with E-state index in [-0.39, 0.29) is 11.8 Å². The van der Waals surface area contributed by atoms with Gasteiger partial charge < -0.3 is 9.84 Å². The summed E-state index contributed by atoms with van der Waals surface area (Å²) in [5.74, 6) is 0.0462. The van der Waals surface area contributed by atoms with Gasteiger partial charge in [-0.05, 0) is 28.5 Å². The molecule has 3 nitrogen and oxygen atoms in total. The summed E-state index contributed by atoms with van der Waals surface area (Å²) in [5.41, 5.74) is 0.660. The second-order valence-electron chi connectivity index (χ2n) is 5.38. The van der Waals surface area contributed by atoms with Crippen LogP contribution in [0.25, 0.3) is 10.8 Å². The highest BCUT2D eigenvalue weighted by molar-refractivity contribution is 5.85. The van der Waals surface area contributed by atoms with Crippen LogP contribution in [0.2, 0.25) is 0 Å². The van der Waals surface area contributed by atoms with Gasteiger partial charge in [0.25, 0.3) is 0 Å². The summed E-state index contributed by atoms with van der Waals surface area (Å²) in [6.45, 7) is 3.90. The number of rotatable bonds is 4. The topological polar surface area (TPSA) is 46.5 Å². The highest BCUT2D eigenvalue weighted by Gasteiger charge is 2.24. The smallest absolute Gasteiger partial charge is 0.304 e. The van der Waals surface area contributed by atoms with Gasteiger partial charge in [-0.2, -0.15) is 0 Å². The van der Waals surface area contributed by atoms with E-state index in [1.807, 2.05) is 44.2 Å². The molecule has 0 fully saturated rings. The average molecular weight is 258 g/mol. The van der Waals surface area contributed by atoms with Crippen LogP contribution in [0, 0.1) is 0 Å². The van der Waals surface area contributed by atoms with Gasteiger partial charge in [-0.3, -0.25) is 4.79 Å². The van der Waals surface area contributed by atoms with Crippen LogP contribution in [0.15, 0.2) is 36.4 Å². The predicted molar refractivity (Wildman–Crippen MR) is 75.8 cm³/mol. The second-order valence-corrected chi connectivity index (χ2v) is 5.38. The maximum Gasteiger partial charge on any atom is 0.304 e. The minimum absolute atomic E-state index is 0.120. The molecule has 2 rings (SSSR count). The Morgan fingerprint density at radius 1 is 1.16 bits per heavy atom. The lowest BCUT2D eigenvalue weighted by Crippen LogP contribution is -2.21. The molecule has 0 spiro atoms. The Labute approximate surface area is 112 Å². The molecule has 0 aliphatic rings. The maximum atomic E-state index is 10.9. The van der Waals surface area contributed by atoms with E-state index >= 15 is 0 Å². The first-order valence-electron chi connectivity index (χ1n) is 6.22. The Morgan fingerprint density at radius 3 is 2.42 bits per heavy atom. The number of hydrogen-bond donors (Lipinski definition) is 1. The van der Waals surface area contributed by atoms with Crippen molar-refractivity contribution in [1.29, 1.82) is 0 Å². The zero-order valence-corrected chi connectivity index (χ0v) is 11.4. The Balaban J connectivity index is 2.44. The fourth-order valence-electron chi connectivity index (χ4n) is 2.25. The minimum Gasteiger partial charge on any atom is -0.497 e. The fraction of sp³-hybridized carbons (Fsp3) is 0.312. The standard InChI is InChI=1S/C16H18O3/c1-16(2,10-15(17)18)13-6-4-12-9-14(19-3)7-5-11(12)8-13/h4-9H,10H2,1-3H3,(H,17,18). The van der Waals surface area contributed by atoms with Crippen LogP contribution in [0.3, 0.4) is 0 Å². The van der Waals surface area contributed by atoms with Gasteiger partial charge in [0.15, 0.2) is 0 Å². The summed E-state index contributed by atoms with van der Waals surface area (Å²) in [5, 5.41) is 11.2. The van der Waals surface area contributed by atoms with Gasteiger partial charge >= 0.3 is 5.97 Å². The van der Waals surface area contributed by atoms with Gasteiger partial charge in [-0.15, -0.1) is 0 Å². The third-order valence-electron chi connectivity index (χ3n) is 3.42. The normalized spacial score (nSPS) is 11.5. The third kappa shape index (κ3) is 2.87. The highest BCUT2D eigenvalue weighted by Crippen LogP contribution is 2.30. The molecule has 1 N–H and O–H groups in total. The molecule has 2 aromatic carbocycles. The molecule has 2 aromatic rings. The Hall–Kier alpha value is -2.03. The van der Waals surface area contributed by atoms with Crippen LogP contribution >= 0.6 is 0 Å². The van der Waals surface area contributed by atoms with Crippen LogP contribution in [0.5, 0.6) is 5.75 Å². The summed E-state index contributed by atoms with van der Waals surface area (Å²) >= 11 is 0. The maximum absolute atomic E-state index is 10.9. The number of carboxylic acid groups (broad SMARTS) is 1. The van der Waals surface area contributed by atoms with Crippen molar-refractivity contribution in [1.82, 2.24) is 0 Å². The van der Waals surface area contributed by atoms with Crippen molar-refractivity contribution >= 4 is 16.7 Å². The Bertz CT molecular complexity index is 614. The van der Waals surface area contributed by atoms with Crippen LogP contribution < -0.4 is 4.74 Å². The highest BCUT2D eigenvalue weighted by atomic mass is 16.5. The van der Waals surface area contributed by atoms with E-state index in [0.29, 0.717) is 0 Å². The SMILES string of the molecule is COc1ccc2cc(C(C)(C)CC(=O)O)ccc2c1. The van der Waals surface area contributed by atoms with E-state index in [2.05, 4.69) is 6.07 Å². The van der Waals surface area contributed by atoms with Crippen molar-refractivity contribution in [3.8, 4) is 5.75 Å². The van der Waals surface area contributed by atoms with E-state index in [4.69, 9.17) is 9.84 Å². The molecule has 0 atom stereocenters. The number of fused-ring (bicyclic) bond motifs is 1. The van der Waals surface area contributed by atoms with E-state index < -0.39 is 5.97 Å². The molecule has 0 aromatic heterocycles. The van der Waals surface area contributed by atoms with Gasteiger partial charge in [0.2, 0.25) is 0 Å². The van der Waals surface area contributed by atoms with Crippen molar-refractivity contribution < 1.29 is 14.6 Å². The van der Waals surface area contributed by atoms with Gasteiger partial charge in [-0.1, -0.05) is 38.1 Å². The lowest BCUT2D eigenvalue weighted by atomic mass is 9.81. The largest absolute Gasteiger partial charge is 0.497 e. The predicted octanol–water partition coefficient (Wildman–Crippen LogP) is 3.60. The number of hydrogen-bond acceptors (Lipinski definition) is 2. The Kier molecular flexibility index (Phi) is 3.47. The molecule has 0 saturated carbocycles.